The van der Waals surface area contributed by atoms with Crippen LogP contribution in [0, 0.1) is 0 Å². The third-order valence-corrected chi connectivity index (χ3v) is 4.37. The number of hydrogen-bond donors (Lipinski definition) is 0. The molecule has 2 aromatic rings. The Bertz CT molecular complexity index is 687. The van der Waals surface area contributed by atoms with E-state index in [-0.39, 0.29) is 13.2 Å². The highest BCUT2D eigenvalue weighted by Gasteiger charge is 2.08. The van der Waals surface area contributed by atoms with Crippen molar-refractivity contribution in [2.75, 3.05) is 28.4 Å². The van der Waals surface area contributed by atoms with Gasteiger partial charge in [-0.25, -0.2) is 0 Å². The molecule has 7 nitrogen and oxygen atoms in total. The Kier molecular flexibility index (Phi) is 7.78. The average Bonchev–Trinajstić information content (AvgIpc) is 2.69. The van der Waals surface area contributed by atoms with E-state index in [1.54, 1.807) is 52.7 Å². The average molecular weight is 382 g/mol. The van der Waals surface area contributed by atoms with Gasteiger partial charge in [0, 0.05) is 0 Å². The van der Waals surface area contributed by atoms with Gasteiger partial charge in [0.15, 0.2) is 23.0 Å². The fourth-order valence-electron chi connectivity index (χ4n) is 2.27. The molecule has 8 heteroatoms. The van der Waals surface area contributed by atoms with Crippen LogP contribution in [-0.4, -0.2) is 28.4 Å². The summed E-state index contributed by atoms with van der Waals surface area (Å²) in [6.45, 7) is 0.286. The Morgan fingerprint density at radius 3 is 1.38 bits per heavy atom. The lowest BCUT2D eigenvalue weighted by atomic mass is 10.2. The van der Waals surface area contributed by atoms with Crippen molar-refractivity contribution in [3.63, 3.8) is 0 Å². The van der Waals surface area contributed by atoms with E-state index < -0.39 is 8.25 Å². The van der Waals surface area contributed by atoms with Crippen LogP contribution in [0.2, 0.25) is 0 Å². The smallest absolute Gasteiger partial charge is 0.319 e. The molecule has 0 spiro atoms. The molecule has 0 atom stereocenters. The third kappa shape index (κ3) is 5.39. The van der Waals surface area contributed by atoms with Crippen molar-refractivity contribution in [3.8, 4) is 23.0 Å². The lowest BCUT2D eigenvalue weighted by Gasteiger charge is -2.11. The predicted octanol–water partition coefficient (Wildman–Crippen LogP) is 3.84. The van der Waals surface area contributed by atoms with Crippen LogP contribution in [-0.2, 0) is 26.8 Å². The second-order valence-electron chi connectivity index (χ2n) is 5.21. The molecule has 0 aliphatic rings. The number of rotatable bonds is 10. The Labute approximate surface area is 153 Å². The first-order valence-electron chi connectivity index (χ1n) is 7.82. The van der Waals surface area contributed by atoms with Gasteiger partial charge in [-0.05, 0) is 35.4 Å². The monoisotopic (exact) mass is 382 g/mol. The van der Waals surface area contributed by atoms with Gasteiger partial charge in [0.25, 0.3) is 0 Å². The SMILES string of the molecule is COc1ccc(CO[PH](=O)OCc2ccc(OC)c(OC)c2)cc1OC. The van der Waals surface area contributed by atoms with Gasteiger partial charge in [-0.2, -0.15) is 0 Å². The summed E-state index contributed by atoms with van der Waals surface area (Å²) in [4.78, 5) is 0. The Balaban J connectivity index is 1.87. The number of ether oxygens (including phenoxy) is 4. The van der Waals surface area contributed by atoms with Gasteiger partial charge < -0.3 is 28.0 Å². The van der Waals surface area contributed by atoms with E-state index >= 15 is 0 Å². The van der Waals surface area contributed by atoms with Crippen LogP contribution < -0.4 is 18.9 Å². The lowest BCUT2D eigenvalue weighted by Crippen LogP contribution is -1.95. The molecule has 0 N–H and O–H groups in total. The maximum Gasteiger partial charge on any atom is 0.319 e. The highest BCUT2D eigenvalue weighted by molar-refractivity contribution is 7.33. The first-order valence-corrected chi connectivity index (χ1v) is 9.05. The van der Waals surface area contributed by atoms with Gasteiger partial charge in [0.05, 0.1) is 41.7 Å². The molecular weight excluding hydrogens is 359 g/mol. The van der Waals surface area contributed by atoms with Gasteiger partial charge in [0.2, 0.25) is 0 Å². The summed E-state index contributed by atoms with van der Waals surface area (Å²) in [6, 6.07) is 10.7. The maximum absolute atomic E-state index is 12.0. The largest absolute Gasteiger partial charge is 0.493 e. The molecule has 0 saturated heterocycles. The van der Waals surface area contributed by atoms with Crippen molar-refractivity contribution in [3.05, 3.63) is 47.5 Å². The topological polar surface area (TPSA) is 72.5 Å². The first-order chi connectivity index (χ1) is 12.6. The summed E-state index contributed by atoms with van der Waals surface area (Å²) < 4.78 is 43.4. The van der Waals surface area contributed by atoms with Gasteiger partial charge in [-0.1, -0.05) is 12.1 Å². The highest BCUT2D eigenvalue weighted by Crippen LogP contribution is 2.33. The van der Waals surface area contributed by atoms with E-state index in [2.05, 4.69) is 0 Å². The Morgan fingerprint density at radius 1 is 0.654 bits per heavy atom. The van der Waals surface area contributed by atoms with E-state index in [9.17, 15) is 4.57 Å². The van der Waals surface area contributed by atoms with Gasteiger partial charge in [-0.15, -0.1) is 0 Å². The fraction of sp³-hybridized carbons (Fsp3) is 0.333. The van der Waals surface area contributed by atoms with Gasteiger partial charge in [0.1, 0.15) is 0 Å². The van der Waals surface area contributed by atoms with Crippen molar-refractivity contribution in [2.24, 2.45) is 0 Å². The minimum absolute atomic E-state index is 0.143. The zero-order chi connectivity index (χ0) is 18.9. The van der Waals surface area contributed by atoms with Crippen LogP contribution >= 0.6 is 8.25 Å². The Hall–Kier alpha value is -2.21. The Morgan fingerprint density at radius 2 is 1.04 bits per heavy atom. The van der Waals surface area contributed by atoms with Crippen molar-refractivity contribution in [1.82, 2.24) is 0 Å². The molecule has 0 aliphatic heterocycles. The normalized spacial score (nSPS) is 10.7. The van der Waals surface area contributed by atoms with Crippen LogP contribution in [0.15, 0.2) is 36.4 Å². The minimum Gasteiger partial charge on any atom is -0.493 e. The molecule has 0 amide bonds. The number of hydrogen-bond acceptors (Lipinski definition) is 7. The molecule has 0 aromatic heterocycles. The van der Waals surface area contributed by atoms with E-state index in [1.165, 1.54) is 0 Å². The molecule has 0 saturated carbocycles. The zero-order valence-corrected chi connectivity index (χ0v) is 16.2. The summed E-state index contributed by atoms with van der Waals surface area (Å²) in [5, 5.41) is 0. The first kappa shape index (κ1) is 20.1. The molecule has 26 heavy (non-hydrogen) atoms. The lowest BCUT2D eigenvalue weighted by molar-refractivity contribution is 0.212. The van der Waals surface area contributed by atoms with Crippen molar-refractivity contribution >= 4 is 8.25 Å². The number of benzene rings is 2. The van der Waals surface area contributed by atoms with Crippen LogP contribution in [0.4, 0.5) is 0 Å². The van der Waals surface area contributed by atoms with Gasteiger partial charge in [-0.3, -0.25) is 4.57 Å². The van der Waals surface area contributed by atoms with E-state index in [4.69, 9.17) is 28.0 Å². The van der Waals surface area contributed by atoms with Crippen LogP contribution in [0.5, 0.6) is 23.0 Å². The van der Waals surface area contributed by atoms with E-state index in [0.29, 0.717) is 23.0 Å². The van der Waals surface area contributed by atoms with Crippen LogP contribution in [0.1, 0.15) is 11.1 Å². The molecule has 2 rings (SSSR count). The zero-order valence-electron chi connectivity index (χ0n) is 15.2. The summed E-state index contributed by atoms with van der Waals surface area (Å²) >= 11 is 0. The molecule has 0 fully saturated rings. The summed E-state index contributed by atoms with van der Waals surface area (Å²) in [6.07, 6.45) is 0. The summed E-state index contributed by atoms with van der Waals surface area (Å²) in [5.41, 5.74) is 1.60. The van der Waals surface area contributed by atoms with Crippen LogP contribution in [0.3, 0.4) is 0 Å². The highest BCUT2D eigenvalue weighted by atomic mass is 31.1. The molecule has 0 heterocycles. The van der Waals surface area contributed by atoms with Crippen LogP contribution in [0.25, 0.3) is 0 Å². The van der Waals surface area contributed by atoms with Crippen molar-refractivity contribution in [1.29, 1.82) is 0 Å². The standard InChI is InChI=1S/C18H23O7P/c1-20-15-7-5-13(9-17(15)22-3)11-24-26(19)25-12-14-6-8-16(21-2)18(10-14)23-4/h5-10,26H,11-12H2,1-4H3. The molecule has 2 aromatic carbocycles. The summed E-state index contributed by atoms with van der Waals surface area (Å²) in [5.74, 6) is 2.40. The van der Waals surface area contributed by atoms with Crippen molar-refractivity contribution < 1.29 is 32.6 Å². The second-order valence-corrected chi connectivity index (χ2v) is 6.28. The quantitative estimate of drug-likeness (QED) is 0.578. The van der Waals surface area contributed by atoms with E-state index in [1.807, 2.05) is 12.1 Å². The third-order valence-electron chi connectivity index (χ3n) is 3.61. The fourth-order valence-corrected chi connectivity index (χ4v) is 2.92. The molecular formula is C18H23O7P. The molecule has 0 bridgehead atoms. The predicted molar refractivity (Wildman–Crippen MR) is 97.7 cm³/mol. The summed E-state index contributed by atoms with van der Waals surface area (Å²) in [7, 11) is 3.59. The molecule has 142 valence electrons. The maximum atomic E-state index is 12.0. The molecule has 0 aliphatic carbocycles. The minimum atomic E-state index is -2.65. The molecule has 0 unspecified atom stereocenters. The number of methoxy groups -OCH3 is 4. The van der Waals surface area contributed by atoms with Crippen molar-refractivity contribution in [2.45, 2.75) is 13.2 Å². The van der Waals surface area contributed by atoms with Gasteiger partial charge >= 0.3 is 8.25 Å². The van der Waals surface area contributed by atoms with E-state index in [0.717, 1.165) is 11.1 Å². The second kappa shape index (κ2) is 10.1. The molecule has 0 radical (unpaired) electrons.